The standard InChI is InChI=1S/C32H36N2O7.C7H13N/c1-3-39-28(40-4-2)18-19-33-29(35)24-12-10-23(11-13-24)20-41-27-16-14-25(15-17-27)30(36)34-21-32(22-34,31(37)38)26-8-6-5-7-9-26;1-4-8-5-2-7(1)3-6-8/h5-17,28H,3-4,18-22H2,1-2H3,(H,33,35)(H,37,38);7H,1-6H2. The number of benzene rings is 3. The zero-order valence-corrected chi connectivity index (χ0v) is 28.6. The fraction of sp³-hybridized carbons (Fsp3) is 0.462. The molecule has 4 aliphatic heterocycles. The Hall–Kier alpha value is -4.25. The summed E-state index contributed by atoms with van der Waals surface area (Å²) in [6.07, 6.45) is 4.70. The highest BCUT2D eigenvalue weighted by Crippen LogP contribution is 2.36. The van der Waals surface area contributed by atoms with Crippen molar-refractivity contribution in [1.82, 2.24) is 15.1 Å². The van der Waals surface area contributed by atoms with Gasteiger partial charge in [-0.2, -0.15) is 0 Å². The normalized spacial score (nSPS) is 19.0. The third kappa shape index (κ3) is 9.47. The highest BCUT2D eigenvalue weighted by atomic mass is 16.7. The fourth-order valence-electron chi connectivity index (χ4n) is 6.60. The molecule has 10 heteroatoms. The minimum atomic E-state index is -1.08. The number of ether oxygens (including phenoxy) is 3. The molecule has 262 valence electrons. The molecule has 7 rings (SSSR count). The molecule has 4 aliphatic rings. The van der Waals surface area contributed by atoms with E-state index in [4.69, 9.17) is 14.2 Å². The number of piperidine rings is 3. The number of hydrogen-bond acceptors (Lipinski definition) is 7. The van der Waals surface area contributed by atoms with Gasteiger partial charge in [0.05, 0.1) is 0 Å². The van der Waals surface area contributed by atoms with Gasteiger partial charge in [0.1, 0.15) is 17.8 Å². The first-order valence-electron chi connectivity index (χ1n) is 17.4. The lowest BCUT2D eigenvalue weighted by Gasteiger charge is -2.47. The van der Waals surface area contributed by atoms with Crippen LogP contribution < -0.4 is 10.1 Å². The van der Waals surface area contributed by atoms with Crippen LogP contribution in [0, 0.1) is 5.92 Å². The van der Waals surface area contributed by atoms with Gasteiger partial charge < -0.3 is 34.4 Å². The summed E-state index contributed by atoms with van der Waals surface area (Å²) >= 11 is 0. The Kier molecular flexibility index (Phi) is 12.8. The van der Waals surface area contributed by atoms with Crippen LogP contribution in [0.2, 0.25) is 0 Å². The Balaban J connectivity index is 0.000000505. The third-order valence-electron chi connectivity index (χ3n) is 9.60. The van der Waals surface area contributed by atoms with Crippen LogP contribution in [0.15, 0.2) is 78.9 Å². The quantitative estimate of drug-likeness (QED) is 0.220. The fourth-order valence-corrected chi connectivity index (χ4v) is 6.60. The molecule has 3 aromatic carbocycles. The number of rotatable bonds is 14. The third-order valence-corrected chi connectivity index (χ3v) is 9.60. The van der Waals surface area contributed by atoms with Crippen molar-refractivity contribution >= 4 is 17.8 Å². The topological polar surface area (TPSA) is 118 Å². The Labute approximate surface area is 289 Å². The Morgan fingerprint density at radius 2 is 1.43 bits per heavy atom. The molecule has 3 aromatic rings. The number of aliphatic carboxylic acids is 1. The van der Waals surface area contributed by atoms with E-state index in [1.54, 1.807) is 65.6 Å². The number of hydrogen-bond donors (Lipinski definition) is 2. The molecule has 10 nitrogen and oxygen atoms in total. The number of carboxylic acids is 1. The summed E-state index contributed by atoms with van der Waals surface area (Å²) in [6.45, 7) is 10.1. The smallest absolute Gasteiger partial charge is 0.317 e. The molecular formula is C39H49N3O7. The lowest BCUT2D eigenvalue weighted by Crippen LogP contribution is -2.65. The van der Waals surface area contributed by atoms with Crippen molar-refractivity contribution in [3.63, 3.8) is 0 Å². The minimum absolute atomic E-state index is 0.124. The molecule has 0 unspecified atom stereocenters. The van der Waals surface area contributed by atoms with E-state index in [1.807, 2.05) is 32.0 Å². The number of nitrogens with one attached hydrogen (secondary N) is 1. The molecule has 2 amide bonds. The van der Waals surface area contributed by atoms with Crippen LogP contribution in [0.1, 0.15) is 71.4 Å². The van der Waals surface area contributed by atoms with Gasteiger partial charge in [-0.05, 0) is 106 Å². The minimum Gasteiger partial charge on any atom is -0.489 e. The molecular weight excluding hydrogens is 622 g/mol. The van der Waals surface area contributed by atoms with Crippen LogP contribution in [0.3, 0.4) is 0 Å². The Morgan fingerprint density at radius 1 is 0.837 bits per heavy atom. The summed E-state index contributed by atoms with van der Waals surface area (Å²) in [4.78, 5) is 41.5. The van der Waals surface area contributed by atoms with Gasteiger partial charge in [0, 0.05) is 50.4 Å². The van der Waals surface area contributed by atoms with E-state index in [9.17, 15) is 19.5 Å². The first kappa shape index (κ1) is 36.0. The second-order valence-corrected chi connectivity index (χ2v) is 12.9. The predicted molar refractivity (Wildman–Crippen MR) is 187 cm³/mol. The van der Waals surface area contributed by atoms with Gasteiger partial charge in [0.2, 0.25) is 0 Å². The zero-order valence-electron chi connectivity index (χ0n) is 28.6. The van der Waals surface area contributed by atoms with Gasteiger partial charge in [-0.1, -0.05) is 42.5 Å². The van der Waals surface area contributed by atoms with Crippen LogP contribution in [0.25, 0.3) is 0 Å². The molecule has 49 heavy (non-hydrogen) atoms. The highest BCUT2D eigenvalue weighted by molar-refractivity contribution is 5.97. The predicted octanol–water partition coefficient (Wildman–Crippen LogP) is 5.37. The molecule has 0 radical (unpaired) electrons. The summed E-state index contributed by atoms with van der Waals surface area (Å²) in [7, 11) is 0. The molecule has 0 aromatic heterocycles. The molecule has 0 spiro atoms. The van der Waals surface area contributed by atoms with Crippen LogP contribution >= 0.6 is 0 Å². The van der Waals surface area contributed by atoms with Crippen LogP contribution in [0.4, 0.5) is 0 Å². The molecule has 4 saturated heterocycles. The molecule has 0 aliphatic carbocycles. The van der Waals surface area contributed by atoms with E-state index < -0.39 is 11.4 Å². The summed E-state index contributed by atoms with van der Waals surface area (Å²) in [5.41, 5.74) is 1.52. The van der Waals surface area contributed by atoms with Gasteiger partial charge in [0.25, 0.3) is 11.8 Å². The Morgan fingerprint density at radius 3 is 1.94 bits per heavy atom. The van der Waals surface area contributed by atoms with Crippen molar-refractivity contribution in [3.05, 3.63) is 101 Å². The van der Waals surface area contributed by atoms with Crippen molar-refractivity contribution < 1.29 is 33.7 Å². The number of fused-ring (bicyclic) bond motifs is 3. The first-order valence-corrected chi connectivity index (χ1v) is 17.4. The monoisotopic (exact) mass is 671 g/mol. The van der Waals surface area contributed by atoms with Gasteiger partial charge in [-0.3, -0.25) is 14.4 Å². The largest absolute Gasteiger partial charge is 0.489 e. The van der Waals surface area contributed by atoms with Crippen molar-refractivity contribution in [3.8, 4) is 5.75 Å². The maximum atomic E-state index is 13.0. The highest BCUT2D eigenvalue weighted by Gasteiger charge is 2.52. The average Bonchev–Trinajstić information content (AvgIpc) is 3.12. The Bertz CT molecular complexity index is 1470. The van der Waals surface area contributed by atoms with Crippen LogP contribution in [0.5, 0.6) is 5.75 Å². The number of likely N-dealkylation sites (tertiary alicyclic amines) is 1. The molecule has 4 heterocycles. The zero-order chi connectivity index (χ0) is 34.6. The lowest BCUT2D eigenvalue weighted by molar-refractivity contribution is -0.149. The van der Waals surface area contributed by atoms with Crippen molar-refractivity contribution in [2.75, 3.05) is 52.5 Å². The average molecular weight is 672 g/mol. The van der Waals surface area contributed by atoms with Crippen molar-refractivity contribution in [2.24, 2.45) is 5.92 Å². The SMILES string of the molecule is C1CN2CCC1CC2.CCOC(CCNC(=O)c1ccc(COc2ccc(C(=O)N3CC(C(=O)O)(c4ccccc4)C3)cc2)cc1)OCC. The van der Waals surface area contributed by atoms with Gasteiger partial charge in [-0.25, -0.2) is 0 Å². The maximum absolute atomic E-state index is 13.0. The number of amides is 2. The summed E-state index contributed by atoms with van der Waals surface area (Å²) in [6, 6.07) is 23.0. The van der Waals surface area contributed by atoms with E-state index in [0.29, 0.717) is 55.2 Å². The van der Waals surface area contributed by atoms with Crippen LogP contribution in [-0.2, 0) is 26.3 Å². The van der Waals surface area contributed by atoms with Crippen molar-refractivity contribution in [2.45, 2.75) is 57.8 Å². The van der Waals surface area contributed by atoms with E-state index in [2.05, 4.69) is 10.2 Å². The van der Waals surface area contributed by atoms with E-state index in [-0.39, 0.29) is 31.2 Å². The summed E-state index contributed by atoms with van der Waals surface area (Å²) < 4.78 is 16.8. The van der Waals surface area contributed by atoms with Gasteiger partial charge in [0.15, 0.2) is 6.29 Å². The van der Waals surface area contributed by atoms with E-state index in [1.165, 1.54) is 38.9 Å². The number of carbonyl (C=O) groups is 3. The molecule has 2 N–H and O–H groups in total. The van der Waals surface area contributed by atoms with E-state index >= 15 is 0 Å². The summed E-state index contributed by atoms with van der Waals surface area (Å²) in [5.74, 6) is 0.383. The summed E-state index contributed by atoms with van der Waals surface area (Å²) in [5, 5.41) is 12.7. The maximum Gasteiger partial charge on any atom is 0.317 e. The van der Waals surface area contributed by atoms with E-state index in [0.717, 1.165) is 11.5 Å². The second kappa shape index (κ2) is 17.4. The van der Waals surface area contributed by atoms with Gasteiger partial charge in [-0.15, -0.1) is 0 Å². The molecule has 0 atom stereocenters. The lowest BCUT2D eigenvalue weighted by atomic mass is 9.73. The van der Waals surface area contributed by atoms with Gasteiger partial charge >= 0.3 is 5.97 Å². The number of carboxylic acid groups (broad SMARTS) is 1. The van der Waals surface area contributed by atoms with Crippen LogP contribution in [-0.4, -0.2) is 91.5 Å². The number of nitrogens with zero attached hydrogens (tertiary/aromatic N) is 2. The molecule has 4 fully saturated rings. The molecule has 2 bridgehead atoms. The second-order valence-electron chi connectivity index (χ2n) is 12.9. The first-order chi connectivity index (χ1) is 23.8. The number of carbonyl (C=O) groups excluding carboxylic acids is 2. The van der Waals surface area contributed by atoms with Crippen molar-refractivity contribution in [1.29, 1.82) is 0 Å². The molecule has 0 saturated carbocycles.